The molecule has 0 amide bonds. The van der Waals surface area contributed by atoms with Crippen LogP contribution >= 0.6 is 0 Å². The van der Waals surface area contributed by atoms with Gasteiger partial charge in [0, 0.05) is 0 Å². The van der Waals surface area contributed by atoms with Crippen LogP contribution < -0.4 is 35.3 Å². The molecule has 3 rings (SSSR count). The molecule has 24 heavy (non-hydrogen) atoms. The van der Waals surface area contributed by atoms with Crippen LogP contribution in [0.1, 0.15) is 38.8 Å². The van der Waals surface area contributed by atoms with Crippen molar-refractivity contribution in [2.75, 3.05) is 0 Å². The van der Waals surface area contributed by atoms with Crippen LogP contribution in [0.15, 0.2) is 23.8 Å². The first kappa shape index (κ1) is 35.1. The van der Waals surface area contributed by atoms with Gasteiger partial charge in [-0.25, -0.2) is 0 Å². The molecule has 2 aliphatic carbocycles. The van der Waals surface area contributed by atoms with E-state index in [1.165, 1.54) is 27.1 Å². The Balaban J connectivity index is -0.0000000997. The van der Waals surface area contributed by atoms with Crippen LogP contribution in [0.2, 0.25) is 0 Å². The molecule has 0 saturated heterocycles. The van der Waals surface area contributed by atoms with Crippen molar-refractivity contribution in [3.05, 3.63) is 65.9 Å². The number of hydrogen-bond acceptors (Lipinski definition) is 0. The molecule has 0 bridgehead atoms. The maximum atomic E-state index is 6.94. The summed E-state index contributed by atoms with van der Waals surface area (Å²) in [6.45, 7) is 7.65. The fraction of sp³-hybridized carbons (Fsp3) is 0.263. The molecule has 0 radical (unpaired) electrons. The van der Waals surface area contributed by atoms with Crippen LogP contribution in [-0.4, -0.2) is 16.5 Å². The Morgan fingerprint density at radius 3 is 2.00 bits per heavy atom. The second-order valence-electron chi connectivity index (χ2n) is 5.80. The van der Waals surface area contributed by atoms with Crippen LogP contribution in [0.5, 0.6) is 0 Å². The van der Waals surface area contributed by atoms with Crippen LogP contribution in [0, 0.1) is 14.9 Å². The third-order valence-corrected chi connectivity index (χ3v) is 2.51. The minimum atomic E-state index is -0.250. The summed E-state index contributed by atoms with van der Waals surface area (Å²) < 4.78 is 0. The van der Waals surface area contributed by atoms with Crippen molar-refractivity contribution < 1.29 is 46.5 Å². The average Bonchev–Trinajstić information content (AvgIpc) is 2.74. The van der Waals surface area contributed by atoms with Gasteiger partial charge >= 0.3 is 21.7 Å². The molecule has 0 fully saturated rings. The summed E-state index contributed by atoms with van der Waals surface area (Å²) in [6, 6.07) is 4.44. The second-order valence-corrected chi connectivity index (χ2v) is 5.80. The van der Waals surface area contributed by atoms with E-state index in [1.807, 2.05) is 20.8 Å². The number of benzene rings is 1. The molecule has 0 spiro atoms. The van der Waals surface area contributed by atoms with E-state index >= 15 is 0 Å². The molecule has 0 unspecified atom stereocenters. The number of rotatable bonds is 0. The molecule has 0 atom stereocenters. The van der Waals surface area contributed by atoms with Crippen molar-refractivity contribution in [2.45, 2.75) is 33.2 Å². The van der Waals surface area contributed by atoms with Crippen LogP contribution in [0.3, 0.4) is 0 Å². The van der Waals surface area contributed by atoms with Gasteiger partial charge < -0.3 is 45.4 Å². The van der Waals surface area contributed by atoms with Crippen molar-refractivity contribution in [1.29, 1.82) is 0 Å². The zero-order valence-corrected chi connectivity index (χ0v) is 17.8. The van der Waals surface area contributed by atoms with Crippen LogP contribution in [0.25, 0.3) is 30.0 Å². The summed E-state index contributed by atoms with van der Waals surface area (Å²) in [7, 11) is 0. The maximum absolute atomic E-state index is 6.94. The summed E-state index contributed by atoms with van der Waals surface area (Å²) in [5, 5.41) is 2.56. The number of nitrogens with one attached hydrogen (secondary N) is 1. The van der Waals surface area contributed by atoms with E-state index in [0.717, 1.165) is 0 Å². The smallest absolute Gasteiger partial charge is 1.00 e. The first-order chi connectivity index (χ1) is 8.33. The van der Waals surface area contributed by atoms with Gasteiger partial charge in [-0.2, -0.15) is 11.3 Å². The Kier molecular flexibility index (Phi) is 20.6. The van der Waals surface area contributed by atoms with Gasteiger partial charge in [-0.15, -0.1) is 28.8 Å². The normalized spacial score (nSPS) is 11.1. The zero-order chi connectivity index (χ0) is 13.3. The molecule has 0 heterocycles. The molecular weight excluding hydrogens is 389 g/mol. The van der Waals surface area contributed by atoms with E-state index < -0.39 is 0 Å². The summed E-state index contributed by atoms with van der Waals surface area (Å²) in [5.74, 6) is 0. The van der Waals surface area contributed by atoms with E-state index in [4.69, 9.17) is 5.73 Å². The Morgan fingerprint density at radius 1 is 1.00 bits per heavy atom. The SMILES string of the molecule is CC(C)(C)[NH-].CC1=Cc2cc3c(cc2=[C-]1)C=CC=3.[CH3-].[CH3-].[Cl-].[Cl-].[SiH4].[Ti+2]. The molecule has 136 valence electrons. The number of hydrogen-bond donors (Lipinski definition) is 0. The van der Waals surface area contributed by atoms with Gasteiger partial charge in [0.2, 0.25) is 0 Å². The fourth-order valence-electron chi connectivity index (χ4n) is 1.90. The Labute approximate surface area is 180 Å². The third-order valence-electron chi connectivity index (χ3n) is 2.51. The van der Waals surface area contributed by atoms with Crippen LogP contribution in [-0.2, 0) is 21.7 Å². The predicted octanol–water partition coefficient (Wildman–Crippen LogP) is -3.14. The first-order valence-corrected chi connectivity index (χ1v) is 6.23. The van der Waals surface area contributed by atoms with E-state index in [1.54, 1.807) is 0 Å². The molecule has 0 saturated carbocycles. The Hall–Kier alpha value is -0.0888. The topological polar surface area (TPSA) is 23.8 Å². The van der Waals surface area contributed by atoms with Gasteiger partial charge in [-0.3, -0.25) is 0 Å². The predicted molar refractivity (Wildman–Crippen MR) is 104 cm³/mol. The van der Waals surface area contributed by atoms with E-state index in [0.29, 0.717) is 0 Å². The summed E-state index contributed by atoms with van der Waals surface area (Å²) in [4.78, 5) is 0. The molecule has 0 aliphatic heterocycles. The van der Waals surface area contributed by atoms with Crippen molar-refractivity contribution in [3.8, 4) is 0 Å². The van der Waals surface area contributed by atoms with Crippen molar-refractivity contribution in [1.82, 2.24) is 0 Å². The van der Waals surface area contributed by atoms with Gasteiger partial charge in [-0.1, -0.05) is 57.6 Å². The minimum absolute atomic E-state index is 0. The van der Waals surface area contributed by atoms with E-state index in [-0.39, 0.29) is 77.9 Å². The molecule has 1 N–H and O–H groups in total. The van der Waals surface area contributed by atoms with Gasteiger partial charge in [0.1, 0.15) is 0 Å². The molecule has 0 aromatic heterocycles. The van der Waals surface area contributed by atoms with Gasteiger partial charge in [-0.05, 0) is 16.2 Å². The third kappa shape index (κ3) is 10.7. The van der Waals surface area contributed by atoms with Gasteiger partial charge in [0.05, 0.1) is 0 Å². The van der Waals surface area contributed by atoms with Crippen molar-refractivity contribution >= 4 is 35.3 Å². The first-order valence-electron chi connectivity index (χ1n) is 6.23. The number of fused-ring (bicyclic) bond motifs is 2. The molecule has 5 heteroatoms. The van der Waals surface area contributed by atoms with Crippen LogP contribution in [0.4, 0.5) is 0 Å². The van der Waals surface area contributed by atoms with Gasteiger partial charge in [0.25, 0.3) is 0 Å². The Bertz CT molecular complexity index is 653. The average molecular weight is 418 g/mol. The molecule has 1 aromatic rings. The molecule has 1 aromatic carbocycles. The van der Waals surface area contributed by atoms with Crippen molar-refractivity contribution in [3.63, 3.8) is 0 Å². The monoisotopic (exact) mass is 417 g/mol. The summed E-state index contributed by atoms with van der Waals surface area (Å²) in [6.07, 6.45) is 11.9. The molecular formula is C19H29Cl2NSiTi-4. The molecule has 1 nitrogen and oxygen atoms in total. The maximum Gasteiger partial charge on any atom is 2.00 e. The summed E-state index contributed by atoms with van der Waals surface area (Å²) >= 11 is 0. The van der Waals surface area contributed by atoms with E-state index in [2.05, 4.69) is 49.4 Å². The standard InChI is InChI=1S/C13H9.C4H10N.2CH3.2ClH.H4Si.Ti/c1-9-5-12-7-10-3-2-4-11(10)8-13(12)6-9;1-4(2,3)5;;;;;;/h2-5,7-8H,1H3;5H,1-3H3;2*1H3;2*1H;1H4;/q4*-1;;;;+2/p-2. The molecule has 2 aliphatic rings. The summed E-state index contributed by atoms with van der Waals surface area (Å²) in [5.41, 5.74) is 10.5. The quantitative estimate of drug-likeness (QED) is 0.314. The van der Waals surface area contributed by atoms with Crippen molar-refractivity contribution in [2.24, 2.45) is 0 Å². The Morgan fingerprint density at radius 2 is 1.50 bits per heavy atom. The minimum Gasteiger partial charge on any atom is -1.00 e. The number of allylic oxidation sites excluding steroid dienone is 2. The number of halogens is 2. The largest absolute Gasteiger partial charge is 2.00 e. The van der Waals surface area contributed by atoms with Gasteiger partial charge in [0.15, 0.2) is 0 Å². The fourth-order valence-corrected chi connectivity index (χ4v) is 1.90. The zero-order valence-electron chi connectivity index (χ0n) is 14.7. The second kappa shape index (κ2) is 14.1. The van der Waals surface area contributed by atoms with E-state index in [9.17, 15) is 0 Å².